The van der Waals surface area contributed by atoms with E-state index in [-0.39, 0.29) is 23.6 Å². The summed E-state index contributed by atoms with van der Waals surface area (Å²) in [5.74, 6) is -0.414. The summed E-state index contributed by atoms with van der Waals surface area (Å²) in [6.07, 6.45) is 0.373. The molecule has 2 aromatic rings. The Labute approximate surface area is 204 Å². The van der Waals surface area contributed by atoms with Crippen molar-refractivity contribution in [1.29, 1.82) is 0 Å². The average Bonchev–Trinajstić information content (AvgIpc) is 2.94. The number of hydrogen-bond acceptors (Lipinski definition) is 4. The molecule has 9 heteroatoms. The van der Waals surface area contributed by atoms with Gasteiger partial charge < -0.3 is 9.47 Å². The molecule has 0 aliphatic carbocycles. The Balaban J connectivity index is 1.88. The summed E-state index contributed by atoms with van der Waals surface area (Å²) in [6.45, 7) is 17.3. The van der Waals surface area contributed by atoms with Crippen LogP contribution in [0.5, 0.6) is 5.75 Å². The van der Waals surface area contributed by atoms with E-state index < -0.39 is 30.1 Å². The maximum atomic E-state index is 15.3. The van der Waals surface area contributed by atoms with Gasteiger partial charge in [0.15, 0.2) is 12.6 Å². The van der Waals surface area contributed by atoms with E-state index in [1.54, 1.807) is 30.3 Å². The molecule has 0 saturated carbocycles. The number of ether oxygens (including phenoxy) is 2. The summed E-state index contributed by atoms with van der Waals surface area (Å²) < 4.78 is 56.3. The molecule has 0 saturated heterocycles. The Morgan fingerprint density at radius 3 is 2.26 bits per heavy atom. The van der Waals surface area contributed by atoms with Gasteiger partial charge in [-0.15, -0.1) is 0 Å². The minimum atomic E-state index is -4.08. The van der Waals surface area contributed by atoms with Crippen LogP contribution in [0.25, 0.3) is 0 Å². The second-order valence-corrected chi connectivity index (χ2v) is 18.1. The lowest BCUT2D eigenvalue weighted by Crippen LogP contribution is -2.48. The summed E-state index contributed by atoms with van der Waals surface area (Å²) in [6, 6.07) is 11.8. The van der Waals surface area contributed by atoms with Crippen molar-refractivity contribution in [2.75, 3.05) is 22.0 Å². The van der Waals surface area contributed by atoms with Crippen molar-refractivity contribution in [3.05, 3.63) is 55.2 Å². The van der Waals surface area contributed by atoms with Crippen molar-refractivity contribution in [2.24, 2.45) is 5.41 Å². The number of anilines is 3. The van der Waals surface area contributed by atoms with Gasteiger partial charge >= 0.3 is 10.2 Å². The van der Waals surface area contributed by atoms with E-state index in [0.717, 1.165) is 10.3 Å². The highest BCUT2D eigenvalue weighted by Gasteiger charge is 2.47. The zero-order chi connectivity index (χ0) is 25.3. The Morgan fingerprint density at radius 1 is 1.06 bits per heavy atom. The fourth-order valence-electron chi connectivity index (χ4n) is 3.93. The number of nitrogens with zero attached hydrogens (tertiary/aromatic N) is 2. The van der Waals surface area contributed by atoms with Crippen LogP contribution in [0, 0.1) is 18.2 Å². The molecule has 0 N–H and O–H groups in total. The first kappa shape index (κ1) is 26.5. The number of para-hydroxylation sites is 2. The van der Waals surface area contributed by atoms with Crippen LogP contribution in [0.3, 0.4) is 0 Å². The van der Waals surface area contributed by atoms with Crippen molar-refractivity contribution >= 4 is 35.3 Å². The molecule has 187 valence electrons. The zero-order valence-corrected chi connectivity index (χ0v) is 22.8. The van der Waals surface area contributed by atoms with E-state index in [1.807, 2.05) is 20.8 Å². The van der Waals surface area contributed by atoms with Crippen molar-refractivity contribution in [2.45, 2.75) is 58.9 Å². The van der Waals surface area contributed by atoms with Crippen LogP contribution in [0.1, 0.15) is 27.2 Å². The monoisotopic (exact) mass is 507 g/mol. The van der Waals surface area contributed by atoms with Crippen molar-refractivity contribution in [3.8, 4) is 5.75 Å². The molecule has 1 aliphatic heterocycles. The van der Waals surface area contributed by atoms with E-state index in [4.69, 9.17) is 9.47 Å². The van der Waals surface area contributed by atoms with Crippen molar-refractivity contribution in [3.63, 3.8) is 0 Å². The molecule has 1 unspecified atom stereocenters. The van der Waals surface area contributed by atoms with Crippen molar-refractivity contribution in [1.82, 2.24) is 0 Å². The molecule has 0 spiro atoms. The number of rotatable bonds is 9. The maximum absolute atomic E-state index is 15.3. The summed E-state index contributed by atoms with van der Waals surface area (Å²) in [4.78, 5) is 0. The highest BCUT2D eigenvalue weighted by molar-refractivity contribution is 7.95. The highest BCUT2D eigenvalue weighted by atomic mass is 32.2. The quantitative estimate of drug-likeness (QED) is 0.225. The number of fused-ring (bicyclic) bond motifs is 1. The molecule has 2 aromatic carbocycles. The van der Waals surface area contributed by atoms with Gasteiger partial charge in [-0.3, -0.25) is 0 Å². The van der Waals surface area contributed by atoms with Crippen LogP contribution in [0.2, 0.25) is 25.7 Å². The first-order valence-electron chi connectivity index (χ1n) is 11.5. The van der Waals surface area contributed by atoms with E-state index in [9.17, 15) is 8.42 Å². The van der Waals surface area contributed by atoms with Crippen molar-refractivity contribution < 1.29 is 22.3 Å². The molecule has 0 aromatic heterocycles. The van der Waals surface area contributed by atoms with Gasteiger partial charge in [0.1, 0.15) is 5.75 Å². The van der Waals surface area contributed by atoms with Crippen LogP contribution in [-0.2, 0) is 14.9 Å². The highest BCUT2D eigenvalue weighted by Crippen LogP contribution is 2.49. The fourth-order valence-corrected chi connectivity index (χ4v) is 6.81. The van der Waals surface area contributed by atoms with Crippen LogP contribution in [0.4, 0.5) is 21.5 Å². The van der Waals surface area contributed by atoms with Gasteiger partial charge in [0, 0.05) is 20.7 Å². The molecule has 1 heterocycles. The first-order chi connectivity index (χ1) is 15.8. The lowest BCUT2D eigenvalue weighted by molar-refractivity contribution is 0.0219. The standard InChI is InChI=1S/C25H36FN2O4SSi/c1-8-24(25(2,3)4)28-23-12-10-9-11-22(23)27(33(28,29)30)21-14-13-19(17-20(21)26)32-18-31-15-16-34(5,6)7/h9-14,17,24H,1,8,15-16,18H2,2-7H3. The van der Waals surface area contributed by atoms with Crippen LogP contribution in [-0.4, -0.2) is 35.9 Å². The Bertz CT molecular complexity index is 1110. The van der Waals surface area contributed by atoms with Gasteiger partial charge in [0.05, 0.1) is 23.1 Å². The molecule has 0 amide bonds. The molecular weight excluding hydrogens is 471 g/mol. The Hall–Kier alpha value is -2.10. The normalized spacial score (nSPS) is 16.5. The Morgan fingerprint density at radius 2 is 1.71 bits per heavy atom. The summed E-state index contributed by atoms with van der Waals surface area (Å²) in [5.41, 5.74) is 0.497. The number of benzene rings is 2. The SMILES string of the molecule is [CH2]CC(N1c2ccccc2N(c2ccc(OCOCC[Si](C)(C)C)cc2F)S1(=O)=O)C(C)(C)C. The van der Waals surface area contributed by atoms with Crippen LogP contribution in [0.15, 0.2) is 42.5 Å². The minimum absolute atomic E-state index is 0.0126. The third kappa shape index (κ3) is 5.58. The minimum Gasteiger partial charge on any atom is -0.467 e. The molecule has 3 rings (SSSR count). The topological polar surface area (TPSA) is 59.1 Å². The second kappa shape index (κ2) is 9.87. The molecular formula is C25H36FN2O4SSi. The predicted octanol–water partition coefficient (Wildman–Crippen LogP) is 6.36. The van der Waals surface area contributed by atoms with Gasteiger partial charge in [-0.1, -0.05) is 59.5 Å². The lowest BCUT2D eigenvalue weighted by Gasteiger charge is -2.37. The van der Waals surface area contributed by atoms with E-state index >= 15 is 4.39 Å². The molecule has 0 fully saturated rings. The van der Waals surface area contributed by atoms with Gasteiger partial charge in [-0.05, 0) is 42.1 Å². The second-order valence-electron chi connectivity index (χ2n) is 10.8. The third-order valence-corrected chi connectivity index (χ3v) is 9.32. The van der Waals surface area contributed by atoms with E-state index in [2.05, 4.69) is 26.6 Å². The maximum Gasteiger partial charge on any atom is 0.331 e. The first-order valence-corrected chi connectivity index (χ1v) is 16.6. The Kier molecular flexibility index (Phi) is 7.69. The third-order valence-electron chi connectivity index (χ3n) is 5.82. The summed E-state index contributed by atoms with van der Waals surface area (Å²) >= 11 is 0. The molecule has 1 aliphatic rings. The van der Waals surface area contributed by atoms with Gasteiger partial charge in [0.25, 0.3) is 0 Å². The predicted molar refractivity (Wildman–Crippen MR) is 139 cm³/mol. The molecule has 0 bridgehead atoms. The van der Waals surface area contributed by atoms with Crippen LogP contribution >= 0.6 is 0 Å². The van der Waals surface area contributed by atoms with Gasteiger partial charge in [-0.25, -0.2) is 13.0 Å². The molecule has 34 heavy (non-hydrogen) atoms. The van der Waals surface area contributed by atoms with Gasteiger partial charge in [-0.2, -0.15) is 8.42 Å². The van der Waals surface area contributed by atoms with E-state index in [0.29, 0.717) is 24.4 Å². The molecule has 1 atom stereocenters. The summed E-state index contributed by atoms with van der Waals surface area (Å²) in [7, 11) is -5.28. The van der Waals surface area contributed by atoms with Gasteiger partial charge in [0.2, 0.25) is 0 Å². The smallest absolute Gasteiger partial charge is 0.331 e. The van der Waals surface area contributed by atoms with E-state index in [1.165, 1.54) is 16.4 Å². The number of halogens is 1. The van der Waals surface area contributed by atoms with Crippen LogP contribution < -0.4 is 13.3 Å². The average molecular weight is 508 g/mol. The summed E-state index contributed by atoms with van der Waals surface area (Å²) in [5, 5.41) is 0. The number of hydrogen-bond donors (Lipinski definition) is 0. The molecule has 6 nitrogen and oxygen atoms in total. The largest absolute Gasteiger partial charge is 0.467 e. The zero-order valence-electron chi connectivity index (χ0n) is 21.0. The molecule has 1 radical (unpaired) electrons. The lowest BCUT2D eigenvalue weighted by atomic mass is 9.85. The fraction of sp³-hybridized carbons (Fsp3) is 0.480.